The van der Waals surface area contributed by atoms with Crippen LogP contribution in [0.2, 0.25) is 0 Å². The molecule has 0 fully saturated rings. The standard InChI is InChI=1S/C13H14N2S/c1-2-3-4-11(8-14)10-5-6-13-12(7-10)15-9-16-13/h5-7,9,11H,2-4H2,1H3. The van der Waals surface area contributed by atoms with Crippen molar-refractivity contribution in [3.05, 3.63) is 29.3 Å². The molecule has 3 heteroatoms. The van der Waals surface area contributed by atoms with Gasteiger partial charge in [0.15, 0.2) is 0 Å². The van der Waals surface area contributed by atoms with Gasteiger partial charge in [-0.2, -0.15) is 5.26 Å². The van der Waals surface area contributed by atoms with Crippen LogP contribution in [-0.2, 0) is 0 Å². The van der Waals surface area contributed by atoms with Gasteiger partial charge in [0.25, 0.3) is 0 Å². The van der Waals surface area contributed by atoms with E-state index in [0.717, 1.165) is 30.3 Å². The van der Waals surface area contributed by atoms with E-state index in [4.69, 9.17) is 5.26 Å². The van der Waals surface area contributed by atoms with Gasteiger partial charge in [-0.05, 0) is 24.1 Å². The van der Waals surface area contributed by atoms with E-state index in [-0.39, 0.29) is 5.92 Å². The van der Waals surface area contributed by atoms with Crippen LogP contribution in [0.3, 0.4) is 0 Å². The zero-order chi connectivity index (χ0) is 11.4. The molecule has 0 spiro atoms. The molecule has 0 saturated heterocycles. The molecule has 0 aliphatic heterocycles. The Morgan fingerprint density at radius 3 is 3.12 bits per heavy atom. The fourth-order valence-corrected chi connectivity index (χ4v) is 2.46. The first-order valence-electron chi connectivity index (χ1n) is 5.58. The van der Waals surface area contributed by atoms with E-state index in [9.17, 15) is 0 Å². The summed E-state index contributed by atoms with van der Waals surface area (Å²) in [4.78, 5) is 4.29. The first kappa shape index (κ1) is 11.1. The molecule has 1 unspecified atom stereocenters. The molecule has 1 aromatic heterocycles. The summed E-state index contributed by atoms with van der Waals surface area (Å²) in [5, 5.41) is 9.16. The van der Waals surface area contributed by atoms with Crippen LogP contribution in [0.1, 0.15) is 37.7 Å². The molecule has 16 heavy (non-hydrogen) atoms. The van der Waals surface area contributed by atoms with Crippen LogP contribution in [-0.4, -0.2) is 4.98 Å². The van der Waals surface area contributed by atoms with Crippen molar-refractivity contribution >= 4 is 21.6 Å². The molecule has 0 radical (unpaired) electrons. The highest BCUT2D eigenvalue weighted by Crippen LogP contribution is 2.26. The quantitative estimate of drug-likeness (QED) is 0.793. The Hall–Kier alpha value is -1.40. The molecule has 2 rings (SSSR count). The number of benzene rings is 1. The largest absolute Gasteiger partial charge is 0.245 e. The van der Waals surface area contributed by atoms with Crippen LogP contribution in [0.4, 0.5) is 0 Å². The second-order valence-electron chi connectivity index (χ2n) is 3.90. The van der Waals surface area contributed by atoms with E-state index in [1.165, 1.54) is 4.70 Å². The van der Waals surface area contributed by atoms with Crippen molar-refractivity contribution < 1.29 is 0 Å². The number of rotatable bonds is 4. The fourth-order valence-electron chi connectivity index (χ4n) is 1.81. The number of fused-ring (bicyclic) bond motifs is 1. The Labute approximate surface area is 99.6 Å². The molecular formula is C13H14N2S. The molecule has 2 aromatic rings. The van der Waals surface area contributed by atoms with Crippen LogP contribution in [0, 0.1) is 11.3 Å². The molecule has 82 valence electrons. The summed E-state index contributed by atoms with van der Waals surface area (Å²) >= 11 is 1.64. The Balaban J connectivity index is 2.27. The first-order valence-corrected chi connectivity index (χ1v) is 6.46. The van der Waals surface area contributed by atoms with Crippen molar-refractivity contribution in [2.24, 2.45) is 0 Å². The third-order valence-electron chi connectivity index (χ3n) is 2.76. The topological polar surface area (TPSA) is 36.7 Å². The molecule has 1 heterocycles. The van der Waals surface area contributed by atoms with Crippen LogP contribution in [0.25, 0.3) is 10.2 Å². The van der Waals surface area contributed by atoms with Gasteiger partial charge < -0.3 is 0 Å². The average molecular weight is 230 g/mol. The van der Waals surface area contributed by atoms with Gasteiger partial charge >= 0.3 is 0 Å². The molecule has 0 aliphatic rings. The van der Waals surface area contributed by atoms with E-state index in [0.29, 0.717) is 0 Å². The highest BCUT2D eigenvalue weighted by Gasteiger charge is 2.10. The van der Waals surface area contributed by atoms with Crippen LogP contribution < -0.4 is 0 Å². The third-order valence-corrected chi connectivity index (χ3v) is 3.57. The third kappa shape index (κ3) is 2.23. The summed E-state index contributed by atoms with van der Waals surface area (Å²) in [6, 6.07) is 8.56. The van der Waals surface area contributed by atoms with Crippen LogP contribution in [0.5, 0.6) is 0 Å². The molecule has 0 aliphatic carbocycles. The predicted octanol–water partition coefficient (Wildman–Crippen LogP) is 4.09. The van der Waals surface area contributed by atoms with Crippen molar-refractivity contribution in [1.29, 1.82) is 5.26 Å². The lowest BCUT2D eigenvalue weighted by Crippen LogP contribution is -1.95. The molecule has 1 aromatic carbocycles. The normalized spacial score (nSPS) is 12.5. The van der Waals surface area contributed by atoms with E-state index in [1.54, 1.807) is 11.3 Å². The van der Waals surface area contributed by atoms with Gasteiger partial charge in [-0.25, -0.2) is 4.98 Å². The zero-order valence-electron chi connectivity index (χ0n) is 9.31. The molecular weight excluding hydrogens is 216 g/mol. The predicted molar refractivity (Wildman–Crippen MR) is 67.5 cm³/mol. The second kappa shape index (κ2) is 5.09. The van der Waals surface area contributed by atoms with E-state index >= 15 is 0 Å². The number of unbranched alkanes of at least 4 members (excludes halogenated alkanes) is 1. The monoisotopic (exact) mass is 230 g/mol. The summed E-state index contributed by atoms with van der Waals surface area (Å²) < 4.78 is 1.19. The Kier molecular flexibility index (Phi) is 3.53. The van der Waals surface area contributed by atoms with Crippen molar-refractivity contribution in [3.63, 3.8) is 0 Å². The highest BCUT2D eigenvalue weighted by molar-refractivity contribution is 7.16. The summed E-state index contributed by atoms with van der Waals surface area (Å²) in [7, 11) is 0. The van der Waals surface area contributed by atoms with Crippen molar-refractivity contribution in [3.8, 4) is 6.07 Å². The fraction of sp³-hybridized carbons (Fsp3) is 0.385. The lowest BCUT2D eigenvalue weighted by Gasteiger charge is -2.08. The summed E-state index contributed by atoms with van der Waals surface area (Å²) in [6.07, 6.45) is 3.19. The van der Waals surface area contributed by atoms with Gasteiger partial charge in [-0.3, -0.25) is 0 Å². The number of hydrogen-bond acceptors (Lipinski definition) is 3. The van der Waals surface area contributed by atoms with Gasteiger partial charge in [0.05, 0.1) is 27.7 Å². The van der Waals surface area contributed by atoms with Gasteiger partial charge in [0, 0.05) is 0 Å². The van der Waals surface area contributed by atoms with Crippen LogP contribution >= 0.6 is 11.3 Å². The maximum absolute atomic E-state index is 9.16. The van der Waals surface area contributed by atoms with Crippen molar-refractivity contribution in [2.45, 2.75) is 32.1 Å². The lowest BCUT2D eigenvalue weighted by molar-refractivity contribution is 0.671. The number of aromatic nitrogens is 1. The number of nitrogens with zero attached hydrogens (tertiary/aromatic N) is 2. The Morgan fingerprint density at radius 2 is 2.38 bits per heavy atom. The van der Waals surface area contributed by atoms with E-state index < -0.39 is 0 Å². The number of thiazole rings is 1. The van der Waals surface area contributed by atoms with Gasteiger partial charge in [0.1, 0.15) is 0 Å². The molecule has 0 bridgehead atoms. The maximum atomic E-state index is 9.16. The van der Waals surface area contributed by atoms with Gasteiger partial charge in [-0.1, -0.05) is 25.8 Å². The lowest BCUT2D eigenvalue weighted by atomic mass is 9.95. The molecule has 0 amide bonds. The van der Waals surface area contributed by atoms with Gasteiger partial charge in [0.2, 0.25) is 0 Å². The SMILES string of the molecule is CCCCC(C#N)c1ccc2scnc2c1. The minimum Gasteiger partial charge on any atom is -0.245 e. The van der Waals surface area contributed by atoms with Gasteiger partial charge in [-0.15, -0.1) is 11.3 Å². The average Bonchev–Trinajstić information content (AvgIpc) is 2.77. The molecule has 1 atom stereocenters. The second-order valence-corrected chi connectivity index (χ2v) is 4.79. The van der Waals surface area contributed by atoms with Crippen molar-refractivity contribution in [1.82, 2.24) is 4.98 Å². The molecule has 2 nitrogen and oxygen atoms in total. The van der Waals surface area contributed by atoms with E-state index in [2.05, 4.69) is 36.2 Å². The molecule has 0 saturated carbocycles. The number of nitriles is 1. The van der Waals surface area contributed by atoms with Crippen LogP contribution in [0.15, 0.2) is 23.7 Å². The minimum absolute atomic E-state index is 0.0195. The smallest absolute Gasteiger partial charge is 0.0815 e. The zero-order valence-corrected chi connectivity index (χ0v) is 10.1. The summed E-state index contributed by atoms with van der Waals surface area (Å²) in [6.45, 7) is 2.15. The number of hydrogen-bond donors (Lipinski definition) is 0. The first-order chi connectivity index (χ1) is 7.85. The highest BCUT2D eigenvalue weighted by atomic mass is 32.1. The summed E-state index contributed by atoms with van der Waals surface area (Å²) in [5.74, 6) is 0.0195. The van der Waals surface area contributed by atoms with E-state index in [1.807, 2.05) is 5.51 Å². The minimum atomic E-state index is 0.0195. The Morgan fingerprint density at radius 1 is 1.50 bits per heavy atom. The summed E-state index contributed by atoms with van der Waals surface area (Å²) in [5.41, 5.74) is 3.97. The molecule has 0 N–H and O–H groups in total. The Bertz CT molecular complexity index is 510. The maximum Gasteiger partial charge on any atom is 0.0815 e. The van der Waals surface area contributed by atoms with Crippen molar-refractivity contribution in [2.75, 3.05) is 0 Å².